The van der Waals surface area contributed by atoms with Crippen molar-refractivity contribution in [2.24, 2.45) is 0 Å². The van der Waals surface area contributed by atoms with E-state index in [2.05, 4.69) is 15.1 Å². The second kappa shape index (κ2) is 3.06. The number of halogens is 1. The van der Waals surface area contributed by atoms with E-state index in [4.69, 9.17) is 11.6 Å². The second-order valence-electron chi connectivity index (χ2n) is 3.00. The Balaban J connectivity index is 2.36. The van der Waals surface area contributed by atoms with E-state index >= 15 is 0 Å². The number of rotatable bonds is 1. The highest BCUT2D eigenvalue weighted by molar-refractivity contribution is 6.29. The highest BCUT2D eigenvalue weighted by Crippen LogP contribution is 2.18. The van der Waals surface area contributed by atoms with E-state index in [9.17, 15) is 0 Å². The summed E-state index contributed by atoms with van der Waals surface area (Å²) >= 11 is 5.98. The van der Waals surface area contributed by atoms with Crippen LogP contribution >= 0.6 is 11.6 Å². The number of hydrogen-bond acceptors (Lipinski definition) is 3. The Morgan fingerprint density at radius 1 is 1.27 bits per heavy atom. The fourth-order valence-electron chi connectivity index (χ4n) is 1.47. The van der Waals surface area contributed by atoms with Crippen LogP contribution in [0.4, 0.5) is 0 Å². The fourth-order valence-corrected chi connectivity index (χ4v) is 1.66. The van der Waals surface area contributed by atoms with Gasteiger partial charge in [-0.05, 0) is 6.07 Å². The van der Waals surface area contributed by atoms with Crippen molar-refractivity contribution >= 4 is 17.2 Å². The predicted molar refractivity (Wildman–Crippen MR) is 55.1 cm³/mol. The molecule has 0 aliphatic rings. The van der Waals surface area contributed by atoms with Crippen LogP contribution in [0.5, 0.6) is 0 Å². The third-order valence-corrected chi connectivity index (χ3v) is 2.41. The lowest BCUT2D eigenvalue weighted by atomic mass is 10.4. The molecule has 3 heterocycles. The summed E-state index contributed by atoms with van der Waals surface area (Å²) < 4.78 is 3.44. The molecule has 0 saturated carbocycles. The average Bonchev–Trinajstić information content (AvgIpc) is 2.85. The zero-order chi connectivity index (χ0) is 10.3. The summed E-state index contributed by atoms with van der Waals surface area (Å²) in [6, 6.07) is 1.84. The molecule has 0 atom stereocenters. The van der Waals surface area contributed by atoms with Gasteiger partial charge in [0, 0.05) is 12.4 Å². The Kier molecular flexibility index (Phi) is 1.72. The number of aromatic nitrogens is 5. The van der Waals surface area contributed by atoms with Crippen LogP contribution < -0.4 is 0 Å². The van der Waals surface area contributed by atoms with E-state index in [1.165, 1.54) is 0 Å². The van der Waals surface area contributed by atoms with E-state index in [0.717, 1.165) is 11.3 Å². The molecule has 3 rings (SSSR count). The second-order valence-corrected chi connectivity index (χ2v) is 3.39. The van der Waals surface area contributed by atoms with Gasteiger partial charge in [0.05, 0.1) is 18.1 Å². The largest absolute Gasteiger partial charge is 0.286 e. The van der Waals surface area contributed by atoms with Crippen molar-refractivity contribution in [3.05, 3.63) is 42.3 Å². The molecule has 0 aliphatic heterocycles. The molecular weight excluding hydrogens is 214 g/mol. The SMILES string of the molecule is Clc1cncn1-c1ccnn2ccnc12. The third kappa shape index (κ3) is 1.20. The van der Waals surface area contributed by atoms with Gasteiger partial charge < -0.3 is 0 Å². The van der Waals surface area contributed by atoms with E-state index in [1.54, 1.807) is 40.2 Å². The first-order valence-corrected chi connectivity index (χ1v) is 4.70. The lowest BCUT2D eigenvalue weighted by molar-refractivity contribution is 0.913. The first-order chi connectivity index (χ1) is 7.36. The highest BCUT2D eigenvalue weighted by atomic mass is 35.5. The molecule has 0 unspecified atom stereocenters. The molecular formula is C9H6ClN5. The molecule has 0 aliphatic carbocycles. The number of imidazole rings is 2. The molecule has 15 heavy (non-hydrogen) atoms. The molecule has 6 heteroatoms. The zero-order valence-electron chi connectivity index (χ0n) is 7.58. The van der Waals surface area contributed by atoms with Gasteiger partial charge in [-0.3, -0.25) is 4.57 Å². The van der Waals surface area contributed by atoms with E-state index in [0.29, 0.717) is 5.15 Å². The maximum absolute atomic E-state index is 5.98. The molecule has 0 bridgehead atoms. The molecule has 0 saturated heterocycles. The topological polar surface area (TPSA) is 48.0 Å². The molecule has 5 nitrogen and oxygen atoms in total. The van der Waals surface area contributed by atoms with Crippen LogP contribution in [0.15, 0.2) is 37.2 Å². The van der Waals surface area contributed by atoms with Crippen molar-refractivity contribution in [2.45, 2.75) is 0 Å². The minimum absolute atomic E-state index is 0.547. The molecule has 3 aromatic heterocycles. The van der Waals surface area contributed by atoms with Gasteiger partial charge in [0.25, 0.3) is 0 Å². The first kappa shape index (κ1) is 8.43. The zero-order valence-corrected chi connectivity index (χ0v) is 8.33. The van der Waals surface area contributed by atoms with Crippen molar-refractivity contribution in [2.75, 3.05) is 0 Å². The van der Waals surface area contributed by atoms with E-state index in [-0.39, 0.29) is 0 Å². The molecule has 0 fully saturated rings. The van der Waals surface area contributed by atoms with Gasteiger partial charge in [0.15, 0.2) is 5.65 Å². The lowest BCUT2D eigenvalue weighted by Gasteiger charge is -2.04. The fraction of sp³-hybridized carbons (Fsp3) is 0. The monoisotopic (exact) mass is 219 g/mol. The quantitative estimate of drug-likeness (QED) is 0.624. The van der Waals surface area contributed by atoms with Crippen LogP contribution in [0.2, 0.25) is 5.15 Å². The van der Waals surface area contributed by atoms with Crippen LogP contribution in [-0.2, 0) is 0 Å². The van der Waals surface area contributed by atoms with Gasteiger partial charge in [-0.2, -0.15) is 5.10 Å². The Bertz CT molecular complexity index is 612. The van der Waals surface area contributed by atoms with Gasteiger partial charge in [-0.15, -0.1) is 0 Å². The van der Waals surface area contributed by atoms with Crippen LogP contribution in [0, 0.1) is 0 Å². The summed E-state index contributed by atoms with van der Waals surface area (Å²) in [5, 5.41) is 4.67. The van der Waals surface area contributed by atoms with Gasteiger partial charge in [-0.25, -0.2) is 14.5 Å². The first-order valence-electron chi connectivity index (χ1n) is 4.33. The van der Waals surface area contributed by atoms with Crippen LogP contribution in [0.3, 0.4) is 0 Å². The smallest absolute Gasteiger partial charge is 0.177 e. The summed E-state index contributed by atoms with van der Waals surface area (Å²) in [4.78, 5) is 8.17. The summed E-state index contributed by atoms with van der Waals surface area (Å²) in [6.45, 7) is 0. The predicted octanol–water partition coefficient (Wildman–Crippen LogP) is 1.57. The highest BCUT2D eigenvalue weighted by Gasteiger charge is 2.07. The van der Waals surface area contributed by atoms with Crippen LogP contribution in [-0.4, -0.2) is 24.1 Å². The maximum Gasteiger partial charge on any atom is 0.177 e. The Morgan fingerprint density at radius 2 is 2.20 bits per heavy atom. The van der Waals surface area contributed by atoms with Crippen molar-refractivity contribution in [1.82, 2.24) is 24.1 Å². The van der Waals surface area contributed by atoms with Crippen molar-refractivity contribution in [3.8, 4) is 5.69 Å². The van der Waals surface area contributed by atoms with Gasteiger partial charge in [0.1, 0.15) is 11.5 Å². The third-order valence-electron chi connectivity index (χ3n) is 2.13. The van der Waals surface area contributed by atoms with Gasteiger partial charge in [-0.1, -0.05) is 11.6 Å². The van der Waals surface area contributed by atoms with Crippen LogP contribution in [0.25, 0.3) is 11.3 Å². The maximum atomic E-state index is 5.98. The van der Waals surface area contributed by atoms with Gasteiger partial charge in [0.2, 0.25) is 0 Å². The lowest BCUT2D eigenvalue weighted by Crippen LogP contribution is -1.98. The molecule has 3 aromatic rings. The summed E-state index contributed by atoms with van der Waals surface area (Å²) in [7, 11) is 0. The van der Waals surface area contributed by atoms with E-state index < -0.39 is 0 Å². The van der Waals surface area contributed by atoms with E-state index in [1.807, 2.05) is 6.07 Å². The van der Waals surface area contributed by atoms with Crippen molar-refractivity contribution in [1.29, 1.82) is 0 Å². The van der Waals surface area contributed by atoms with Gasteiger partial charge >= 0.3 is 0 Å². The number of fused-ring (bicyclic) bond motifs is 1. The molecule has 0 spiro atoms. The van der Waals surface area contributed by atoms with Crippen molar-refractivity contribution < 1.29 is 0 Å². The molecule has 0 amide bonds. The van der Waals surface area contributed by atoms with Crippen LogP contribution in [0.1, 0.15) is 0 Å². The molecule has 0 aromatic carbocycles. The standard InChI is InChI=1S/C9H6ClN5/c10-8-5-11-6-14(8)7-1-2-13-15-4-3-12-9(7)15/h1-6H. The molecule has 0 radical (unpaired) electrons. The number of nitrogens with zero attached hydrogens (tertiary/aromatic N) is 5. The Morgan fingerprint density at radius 3 is 3.00 bits per heavy atom. The minimum Gasteiger partial charge on any atom is -0.286 e. The summed E-state index contributed by atoms with van der Waals surface area (Å²) in [5.41, 5.74) is 1.61. The Hall–Kier alpha value is -1.88. The molecule has 0 N–H and O–H groups in total. The molecule has 74 valence electrons. The number of hydrogen-bond donors (Lipinski definition) is 0. The van der Waals surface area contributed by atoms with Crippen molar-refractivity contribution in [3.63, 3.8) is 0 Å². The minimum atomic E-state index is 0.547. The Labute approximate surface area is 90.0 Å². The normalized spacial score (nSPS) is 11.0. The average molecular weight is 220 g/mol. The summed E-state index contributed by atoms with van der Waals surface area (Å²) in [6.07, 6.45) is 8.40. The summed E-state index contributed by atoms with van der Waals surface area (Å²) in [5.74, 6) is 0.